The third-order valence-electron chi connectivity index (χ3n) is 5.47. The minimum absolute atomic E-state index is 0.302. The third-order valence-corrected chi connectivity index (χ3v) is 5.47. The maximum Gasteiger partial charge on any atom is 0.273 e. The number of hydrogen-bond acceptors (Lipinski definition) is 6. The predicted octanol–water partition coefficient (Wildman–Crippen LogP) is 3.58. The van der Waals surface area contributed by atoms with Crippen molar-refractivity contribution in [3.8, 4) is 5.82 Å². The summed E-state index contributed by atoms with van der Waals surface area (Å²) >= 11 is 0. The molecular weight excluding hydrogens is 418 g/mol. The molecule has 10 heteroatoms. The van der Waals surface area contributed by atoms with E-state index in [1.54, 1.807) is 10.7 Å². The van der Waals surface area contributed by atoms with Gasteiger partial charge in [0.2, 0.25) is 0 Å². The molecule has 3 N–H and O–H groups in total. The summed E-state index contributed by atoms with van der Waals surface area (Å²) in [4.78, 5) is 22.1. The van der Waals surface area contributed by atoms with Gasteiger partial charge in [0.25, 0.3) is 5.91 Å². The van der Waals surface area contributed by atoms with Crippen LogP contribution in [-0.4, -0.2) is 40.0 Å². The number of carbonyl (C=O) groups excluding carboxylic acids is 1. The summed E-state index contributed by atoms with van der Waals surface area (Å²) in [7, 11) is 0. The van der Waals surface area contributed by atoms with Crippen molar-refractivity contribution in [3.05, 3.63) is 54.6 Å². The Labute approximate surface area is 190 Å². The molecule has 0 fully saturated rings. The standard InChI is InChI=1S/C23H25N9O/c1-5-30-11-10-17(28-30)27-22(33)16-12-14-8-6-7-9-15(14)31(16)21-18-19(24)25-13-26-20(18)32(29-21)23(2,3)4/h6-13H,5H2,1-4H3,(H2,24,25,26)(H,27,28,33). The van der Waals surface area contributed by atoms with E-state index in [0.717, 1.165) is 10.9 Å². The van der Waals surface area contributed by atoms with Crippen LogP contribution in [0.4, 0.5) is 11.6 Å². The molecule has 168 valence electrons. The number of amides is 1. The van der Waals surface area contributed by atoms with Gasteiger partial charge in [-0.25, -0.2) is 14.6 Å². The van der Waals surface area contributed by atoms with Gasteiger partial charge in [0, 0.05) is 24.2 Å². The molecule has 0 aliphatic carbocycles. The SMILES string of the molecule is CCn1ccc(NC(=O)c2cc3ccccc3n2-c2nn(C(C)(C)C)c3ncnc(N)c23)n1. The predicted molar refractivity (Wildman–Crippen MR) is 127 cm³/mol. The van der Waals surface area contributed by atoms with Crippen LogP contribution in [0.2, 0.25) is 0 Å². The first kappa shape index (κ1) is 20.7. The van der Waals surface area contributed by atoms with Gasteiger partial charge in [-0.05, 0) is 39.8 Å². The van der Waals surface area contributed by atoms with Crippen molar-refractivity contribution >= 4 is 39.5 Å². The van der Waals surface area contributed by atoms with Crippen LogP contribution in [0.5, 0.6) is 0 Å². The number of nitrogens with one attached hydrogen (secondary N) is 1. The first-order valence-electron chi connectivity index (χ1n) is 10.7. The first-order valence-corrected chi connectivity index (χ1v) is 10.7. The van der Waals surface area contributed by atoms with Crippen LogP contribution in [0, 0.1) is 0 Å². The molecule has 5 aromatic rings. The molecule has 1 aromatic carbocycles. The van der Waals surface area contributed by atoms with Gasteiger partial charge in [0.15, 0.2) is 17.3 Å². The lowest BCUT2D eigenvalue weighted by atomic mass is 10.1. The van der Waals surface area contributed by atoms with Gasteiger partial charge in [-0.2, -0.15) is 10.2 Å². The molecule has 0 atom stereocenters. The van der Waals surface area contributed by atoms with E-state index in [2.05, 4.69) is 20.4 Å². The second-order valence-corrected chi connectivity index (χ2v) is 8.80. The van der Waals surface area contributed by atoms with E-state index < -0.39 is 0 Å². The van der Waals surface area contributed by atoms with Gasteiger partial charge in [0.1, 0.15) is 23.2 Å². The van der Waals surface area contributed by atoms with Gasteiger partial charge < -0.3 is 11.1 Å². The zero-order chi connectivity index (χ0) is 23.3. The van der Waals surface area contributed by atoms with Crippen molar-refractivity contribution in [2.75, 3.05) is 11.1 Å². The van der Waals surface area contributed by atoms with Gasteiger partial charge in [0.05, 0.1) is 11.1 Å². The Morgan fingerprint density at radius 2 is 1.91 bits per heavy atom. The normalized spacial score (nSPS) is 12.0. The van der Waals surface area contributed by atoms with Crippen LogP contribution in [-0.2, 0) is 12.1 Å². The Morgan fingerprint density at radius 1 is 1.12 bits per heavy atom. The molecule has 0 aliphatic rings. The number of carbonyl (C=O) groups is 1. The largest absolute Gasteiger partial charge is 0.383 e. The molecule has 4 aromatic heterocycles. The minimum atomic E-state index is -0.365. The van der Waals surface area contributed by atoms with E-state index in [9.17, 15) is 4.79 Å². The number of fused-ring (bicyclic) bond motifs is 2. The quantitative estimate of drug-likeness (QED) is 0.438. The van der Waals surface area contributed by atoms with E-state index in [1.807, 2.05) is 73.5 Å². The van der Waals surface area contributed by atoms with E-state index in [0.29, 0.717) is 40.7 Å². The maximum absolute atomic E-state index is 13.4. The molecule has 0 unspecified atom stereocenters. The summed E-state index contributed by atoms with van der Waals surface area (Å²) in [6.07, 6.45) is 3.25. The fourth-order valence-corrected chi connectivity index (χ4v) is 3.92. The zero-order valence-corrected chi connectivity index (χ0v) is 18.9. The van der Waals surface area contributed by atoms with Gasteiger partial charge >= 0.3 is 0 Å². The highest BCUT2D eigenvalue weighted by Gasteiger charge is 2.27. The summed E-state index contributed by atoms with van der Waals surface area (Å²) in [5.74, 6) is 0.979. The van der Waals surface area contributed by atoms with Gasteiger partial charge in [-0.1, -0.05) is 18.2 Å². The second-order valence-electron chi connectivity index (χ2n) is 8.80. The van der Waals surface area contributed by atoms with Gasteiger partial charge in [-0.3, -0.25) is 14.0 Å². The molecule has 0 spiro atoms. The van der Waals surface area contributed by atoms with E-state index in [4.69, 9.17) is 10.8 Å². The number of nitrogen functional groups attached to an aromatic ring is 1. The summed E-state index contributed by atoms with van der Waals surface area (Å²) in [5.41, 5.74) is 7.78. The van der Waals surface area contributed by atoms with Crippen molar-refractivity contribution in [1.29, 1.82) is 0 Å². The van der Waals surface area contributed by atoms with Crippen LogP contribution in [0.3, 0.4) is 0 Å². The van der Waals surface area contributed by atoms with Crippen LogP contribution in [0.1, 0.15) is 38.2 Å². The average Bonchev–Trinajstić information content (AvgIpc) is 3.48. The molecule has 4 heterocycles. The fourth-order valence-electron chi connectivity index (χ4n) is 3.92. The average molecular weight is 444 g/mol. The molecule has 33 heavy (non-hydrogen) atoms. The molecule has 0 radical (unpaired) electrons. The van der Waals surface area contributed by atoms with Crippen molar-refractivity contribution in [3.63, 3.8) is 0 Å². The molecule has 10 nitrogen and oxygen atoms in total. The van der Waals surface area contributed by atoms with Crippen LogP contribution >= 0.6 is 0 Å². The van der Waals surface area contributed by atoms with Crippen molar-refractivity contribution in [2.24, 2.45) is 0 Å². The number of para-hydroxylation sites is 1. The smallest absolute Gasteiger partial charge is 0.273 e. The van der Waals surface area contributed by atoms with Crippen molar-refractivity contribution in [1.82, 2.24) is 34.1 Å². The lowest BCUT2D eigenvalue weighted by molar-refractivity contribution is 0.102. The zero-order valence-electron chi connectivity index (χ0n) is 18.9. The highest BCUT2D eigenvalue weighted by Crippen LogP contribution is 2.33. The Morgan fingerprint density at radius 3 is 2.64 bits per heavy atom. The summed E-state index contributed by atoms with van der Waals surface area (Å²) in [6, 6.07) is 11.4. The fraction of sp³-hybridized carbons (Fsp3) is 0.261. The lowest BCUT2D eigenvalue weighted by Crippen LogP contribution is -2.24. The van der Waals surface area contributed by atoms with Crippen molar-refractivity contribution < 1.29 is 4.79 Å². The highest BCUT2D eigenvalue weighted by molar-refractivity contribution is 6.08. The summed E-state index contributed by atoms with van der Waals surface area (Å²) in [5, 5.41) is 13.6. The van der Waals surface area contributed by atoms with E-state index in [1.165, 1.54) is 6.33 Å². The Balaban J connectivity index is 1.75. The summed E-state index contributed by atoms with van der Waals surface area (Å²) < 4.78 is 5.38. The number of aryl methyl sites for hydroxylation is 1. The number of aromatic nitrogens is 7. The monoisotopic (exact) mass is 443 g/mol. The second kappa shape index (κ2) is 7.44. The number of nitrogens with two attached hydrogens (primary N) is 1. The van der Waals surface area contributed by atoms with E-state index >= 15 is 0 Å². The Kier molecular flexibility index (Phi) is 4.66. The van der Waals surface area contributed by atoms with Crippen LogP contribution < -0.4 is 11.1 Å². The highest BCUT2D eigenvalue weighted by atomic mass is 16.2. The molecular formula is C23H25N9O. The topological polar surface area (TPSA) is 121 Å². The Bertz CT molecular complexity index is 1500. The maximum atomic E-state index is 13.4. The third kappa shape index (κ3) is 3.39. The lowest BCUT2D eigenvalue weighted by Gasteiger charge is -2.19. The molecule has 1 amide bonds. The van der Waals surface area contributed by atoms with Crippen LogP contribution in [0.25, 0.3) is 27.8 Å². The Hall–Kier alpha value is -4.21. The van der Waals surface area contributed by atoms with Gasteiger partial charge in [-0.15, -0.1) is 0 Å². The number of anilines is 2. The molecule has 5 rings (SSSR count). The van der Waals surface area contributed by atoms with Crippen LogP contribution in [0.15, 0.2) is 48.9 Å². The minimum Gasteiger partial charge on any atom is -0.383 e. The molecule has 0 aliphatic heterocycles. The molecule has 0 saturated carbocycles. The first-order chi connectivity index (χ1) is 15.8. The number of hydrogen-bond donors (Lipinski definition) is 2. The number of rotatable bonds is 4. The molecule has 0 bridgehead atoms. The van der Waals surface area contributed by atoms with E-state index in [-0.39, 0.29) is 11.4 Å². The van der Waals surface area contributed by atoms with Crippen molar-refractivity contribution in [2.45, 2.75) is 39.8 Å². The number of nitrogens with zero attached hydrogens (tertiary/aromatic N) is 7. The molecule has 0 saturated heterocycles. The summed E-state index contributed by atoms with van der Waals surface area (Å²) in [6.45, 7) is 8.80. The number of benzene rings is 1.